The Labute approximate surface area is 631 Å². The van der Waals surface area contributed by atoms with Crippen molar-refractivity contribution in [2.45, 2.75) is 456 Å². The Balaban J connectivity index is 2.51. The van der Waals surface area contributed by atoms with Crippen LogP contribution in [0, 0.1) is 0 Å². The standard InChI is InChI=1S/C86H152N2O16/c1-6-11-16-21-26-29-32-37-43-53-62-74(102-79(93)65-56-46-39-38-40-48-57-70-58-49-47-50-59-70)84(96)87-73(85(97)98)69-99-86-81(88-76(90)66-71(60-51-41-35-30-27-22-17-12-7-2)100-77(91)63-54-44-33-24-19-14-9-4)83(82(95)75(68-89)103-86)104-80(94)67-72(61-52-42-36-31-28-23-18-13-8-3)101-78(92)64-55-45-34-25-20-15-10-5/h47,49-50,58-59,71-75,81-83,86,89,95H,6-46,48,51-57,60-69H2,1-5H3,(H,87,96)(H,88,90)(H,97,98)/t71-,72-,73-,74?,75?,81?,82?,83?,86?/m1/s1. The summed E-state index contributed by atoms with van der Waals surface area (Å²) >= 11 is 0. The number of aliphatic hydroxyl groups excluding tert-OH is 2. The molecule has 0 radical (unpaired) electrons. The van der Waals surface area contributed by atoms with Crippen LogP contribution < -0.4 is 10.6 Å². The van der Waals surface area contributed by atoms with Gasteiger partial charge in [0.25, 0.3) is 5.91 Å². The number of hydrogen-bond acceptors (Lipinski definition) is 15. The van der Waals surface area contributed by atoms with Crippen molar-refractivity contribution < 1.29 is 77.3 Å². The van der Waals surface area contributed by atoms with Crippen molar-refractivity contribution in [3.8, 4) is 0 Å². The van der Waals surface area contributed by atoms with Gasteiger partial charge in [0, 0.05) is 19.3 Å². The van der Waals surface area contributed by atoms with Crippen molar-refractivity contribution >= 4 is 41.7 Å². The highest BCUT2D eigenvalue weighted by Crippen LogP contribution is 2.28. The average Bonchev–Trinajstić information content (AvgIpc) is 0.793. The van der Waals surface area contributed by atoms with Crippen LogP contribution in [0.3, 0.4) is 0 Å². The highest BCUT2D eigenvalue weighted by atomic mass is 16.7. The fraction of sp³-hybridized carbons (Fsp3) is 0.849. The van der Waals surface area contributed by atoms with E-state index in [1.54, 1.807) is 0 Å². The molecule has 0 aromatic heterocycles. The van der Waals surface area contributed by atoms with E-state index in [-0.39, 0.29) is 38.5 Å². The number of aliphatic carboxylic acids is 1. The van der Waals surface area contributed by atoms with Gasteiger partial charge in [-0.05, 0) is 76.2 Å². The smallest absolute Gasteiger partial charge is 0.328 e. The van der Waals surface area contributed by atoms with E-state index < -0.39 is 110 Å². The predicted octanol–water partition coefficient (Wildman–Crippen LogP) is 20.0. The van der Waals surface area contributed by atoms with Gasteiger partial charge in [0.05, 0.1) is 26.1 Å². The molecule has 1 aromatic rings. The summed E-state index contributed by atoms with van der Waals surface area (Å²) in [6.07, 6.45) is 41.2. The molecule has 2 rings (SSSR count). The summed E-state index contributed by atoms with van der Waals surface area (Å²) in [4.78, 5) is 97.5. The number of unbranched alkanes of at least 4 members (excludes halogenated alkanes) is 42. The maximum atomic E-state index is 14.7. The number of aryl methyl sites for hydroxylation is 1. The van der Waals surface area contributed by atoms with Crippen molar-refractivity contribution in [2.24, 2.45) is 0 Å². The number of rotatable bonds is 72. The Morgan fingerprint density at radius 2 is 0.808 bits per heavy atom. The molecule has 1 saturated heterocycles. The third-order valence-corrected chi connectivity index (χ3v) is 20.4. The summed E-state index contributed by atoms with van der Waals surface area (Å²) in [6, 6.07) is 7.06. The van der Waals surface area contributed by atoms with Crippen LogP contribution in [0.15, 0.2) is 30.3 Å². The van der Waals surface area contributed by atoms with Gasteiger partial charge in [0.1, 0.15) is 30.5 Å². The van der Waals surface area contributed by atoms with Crippen LogP contribution in [0.2, 0.25) is 0 Å². The van der Waals surface area contributed by atoms with Crippen molar-refractivity contribution in [3.63, 3.8) is 0 Å². The van der Waals surface area contributed by atoms with E-state index in [4.69, 9.17) is 28.4 Å². The molecule has 5 N–H and O–H groups in total. The van der Waals surface area contributed by atoms with Gasteiger partial charge in [-0.2, -0.15) is 0 Å². The minimum absolute atomic E-state index is 0.0964. The molecule has 1 aliphatic heterocycles. The molecule has 104 heavy (non-hydrogen) atoms. The molecule has 1 fully saturated rings. The van der Waals surface area contributed by atoms with Gasteiger partial charge >= 0.3 is 29.8 Å². The Hall–Kier alpha value is -4.65. The number of carboxylic acid groups (broad SMARTS) is 1. The summed E-state index contributed by atoms with van der Waals surface area (Å²) < 4.78 is 36.6. The second-order valence-corrected chi connectivity index (χ2v) is 30.2. The van der Waals surface area contributed by atoms with Gasteiger partial charge in [0.2, 0.25) is 5.91 Å². The van der Waals surface area contributed by atoms with Crippen LogP contribution in [0.4, 0.5) is 0 Å². The lowest BCUT2D eigenvalue weighted by Crippen LogP contribution is -2.66. The maximum absolute atomic E-state index is 14.7. The molecule has 1 aliphatic rings. The quantitative estimate of drug-likeness (QED) is 0.0231. The van der Waals surface area contributed by atoms with E-state index in [0.29, 0.717) is 51.4 Å². The van der Waals surface area contributed by atoms with Crippen LogP contribution in [0.1, 0.15) is 400 Å². The lowest BCUT2D eigenvalue weighted by atomic mass is 9.96. The van der Waals surface area contributed by atoms with Crippen LogP contribution >= 0.6 is 0 Å². The SMILES string of the molecule is CCCCCCCCCCCCC(OC(=O)CCCCCCCCc1ccccc1)C(=O)N[C@H](COC1OC(CO)C(O)C(OC(=O)C[C@@H](CCCCCCCCCCC)OC(=O)CCCCCCCCC)C1NC(=O)C[C@@H](CCCCCCCCCCC)OC(=O)CCCCCCCCC)C(=O)O. The van der Waals surface area contributed by atoms with Gasteiger partial charge in [-0.15, -0.1) is 0 Å². The molecule has 602 valence electrons. The predicted molar refractivity (Wildman–Crippen MR) is 416 cm³/mol. The van der Waals surface area contributed by atoms with Crippen LogP contribution in [-0.2, 0) is 68.4 Å². The van der Waals surface area contributed by atoms with Crippen LogP contribution in [-0.4, -0.2) is 125 Å². The largest absolute Gasteiger partial charge is 0.480 e. The monoisotopic (exact) mass is 1470 g/mol. The second-order valence-electron chi connectivity index (χ2n) is 30.2. The maximum Gasteiger partial charge on any atom is 0.328 e. The molecule has 1 aromatic carbocycles. The first-order valence-corrected chi connectivity index (χ1v) is 42.9. The zero-order chi connectivity index (χ0) is 75.7. The zero-order valence-corrected chi connectivity index (χ0v) is 66.5. The molecule has 0 spiro atoms. The molecule has 1 heterocycles. The molecular formula is C86H152N2O16. The number of carbonyl (C=O) groups is 7. The van der Waals surface area contributed by atoms with E-state index in [2.05, 4.69) is 69.5 Å². The molecular weight excluding hydrogens is 1320 g/mol. The highest BCUT2D eigenvalue weighted by molar-refractivity contribution is 5.88. The first-order chi connectivity index (χ1) is 50.7. The van der Waals surface area contributed by atoms with Crippen molar-refractivity contribution in [1.82, 2.24) is 10.6 Å². The first-order valence-electron chi connectivity index (χ1n) is 42.9. The lowest BCUT2D eigenvalue weighted by Gasteiger charge is -2.44. The summed E-state index contributed by atoms with van der Waals surface area (Å²) in [5.41, 5.74) is 1.32. The number of hydrogen-bond donors (Lipinski definition) is 5. The number of nitrogens with one attached hydrogen (secondary N) is 2. The zero-order valence-electron chi connectivity index (χ0n) is 66.5. The minimum atomic E-state index is -1.77. The third kappa shape index (κ3) is 50.8. The van der Waals surface area contributed by atoms with Gasteiger partial charge in [0.15, 0.2) is 24.5 Å². The number of carbonyl (C=O) groups excluding carboxylic acids is 6. The van der Waals surface area contributed by atoms with Crippen LogP contribution in [0.5, 0.6) is 0 Å². The topological polar surface area (TPSA) is 260 Å². The number of benzene rings is 1. The fourth-order valence-electron chi connectivity index (χ4n) is 13.9. The van der Waals surface area contributed by atoms with E-state index >= 15 is 0 Å². The minimum Gasteiger partial charge on any atom is -0.480 e. The van der Waals surface area contributed by atoms with Crippen LogP contribution in [0.25, 0.3) is 0 Å². The van der Waals surface area contributed by atoms with Crippen molar-refractivity contribution in [1.29, 1.82) is 0 Å². The van der Waals surface area contributed by atoms with E-state index in [0.717, 1.165) is 186 Å². The molecule has 18 heteroatoms. The normalized spacial score (nSPS) is 17.0. The number of esters is 4. The number of ether oxygens (including phenoxy) is 6. The number of amides is 2. The molecule has 6 unspecified atom stereocenters. The second kappa shape index (κ2) is 66.5. The molecule has 18 nitrogen and oxygen atoms in total. The van der Waals surface area contributed by atoms with Gasteiger partial charge in [-0.1, -0.05) is 328 Å². The molecule has 2 amide bonds. The summed E-state index contributed by atoms with van der Waals surface area (Å²) in [6.45, 7) is 9.33. The Kier molecular flexibility index (Phi) is 61.1. The first kappa shape index (κ1) is 95.4. The Bertz CT molecular complexity index is 2270. The number of carboxylic acids is 1. The average molecular weight is 1470 g/mol. The Morgan fingerprint density at radius 3 is 1.21 bits per heavy atom. The molecule has 9 atom stereocenters. The highest BCUT2D eigenvalue weighted by Gasteiger charge is 2.49. The van der Waals surface area contributed by atoms with Gasteiger partial charge in [-0.3, -0.25) is 28.8 Å². The third-order valence-electron chi connectivity index (χ3n) is 20.4. The summed E-state index contributed by atoms with van der Waals surface area (Å²) in [5.74, 6) is -5.26. The van der Waals surface area contributed by atoms with Crippen molar-refractivity contribution in [3.05, 3.63) is 35.9 Å². The lowest BCUT2D eigenvalue weighted by molar-refractivity contribution is -0.275. The van der Waals surface area contributed by atoms with E-state index in [9.17, 15) is 48.9 Å². The van der Waals surface area contributed by atoms with E-state index in [1.807, 2.05) is 6.07 Å². The molecule has 0 saturated carbocycles. The van der Waals surface area contributed by atoms with Gasteiger partial charge < -0.3 is 54.4 Å². The Morgan fingerprint density at radius 1 is 0.442 bits per heavy atom. The fourth-order valence-corrected chi connectivity index (χ4v) is 13.9. The summed E-state index contributed by atoms with van der Waals surface area (Å²) in [5, 5.41) is 39.0. The number of aliphatic hydroxyl groups is 2. The van der Waals surface area contributed by atoms with Gasteiger partial charge in [-0.25, -0.2) is 4.79 Å². The van der Waals surface area contributed by atoms with Crippen molar-refractivity contribution in [2.75, 3.05) is 13.2 Å². The molecule has 0 aliphatic carbocycles. The summed E-state index contributed by atoms with van der Waals surface area (Å²) in [7, 11) is 0. The van der Waals surface area contributed by atoms with E-state index in [1.165, 1.54) is 95.5 Å². The molecule has 0 bridgehead atoms.